The Labute approximate surface area is 178 Å². The van der Waals surface area contributed by atoms with Gasteiger partial charge in [0.15, 0.2) is 0 Å². The van der Waals surface area contributed by atoms with E-state index in [9.17, 15) is 0 Å². The Balaban J connectivity index is 0.000000461. The van der Waals surface area contributed by atoms with Gasteiger partial charge in [-0.2, -0.15) is 0 Å². The van der Waals surface area contributed by atoms with Crippen molar-refractivity contribution in [1.82, 2.24) is 0 Å². The molecule has 0 radical (unpaired) electrons. The van der Waals surface area contributed by atoms with Gasteiger partial charge in [0.25, 0.3) is 0 Å². The van der Waals surface area contributed by atoms with Crippen LogP contribution in [0.1, 0.15) is 0 Å². The Morgan fingerprint density at radius 3 is 0.767 bits per heavy atom. The van der Waals surface area contributed by atoms with Gasteiger partial charge >= 0.3 is 178 Å². The quantitative estimate of drug-likeness (QED) is 0.375. The van der Waals surface area contributed by atoms with E-state index in [0.717, 1.165) is 0 Å². The summed E-state index contributed by atoms with van der Waals surface area (Å²) in [5, 5.41) is 5.66. The predicted molar refractivity (Wildman–Crippen MR) is 117 cm³/mol. The summed E-state index contributed by atoms with van der Waals surface area (Å²) in [5.74, 6) is 0. The van der Waals surface area contributed by atoms with Gasteiger partial charge in [0, 0.05) is 0 Å². The average Bonchev–Trinajstić information content (AvgIpc) is 2.76. The zero-order chi connectivity index (χ0) is 21.5. The molecule has 0 aliphatic heterocycles. The Kier molecular flexibility index (Phi) is 7.15. The van der Waals surface area contributed by atoms with Crippen LogP contribution in [-0.4, -0.2) is 4.19 Å². The van der Waals surface area contributed by atoms with Crippen molar-refractivity contribution in [2.75, 3.05) is 0 Å². The number of benzene rings is 4. The Morgan fingerprint density at radius 2 is 0.600 bits per heavy atom. The maximum absolute atomic E-state index is 8.69. The van der Waals surface area contributed by atoms with E-state index in [2.05, 4.69) is 121 Å². The summed E-state index contributed by atoms with van der Waals surface area (Å²) in [5.41, 5.74) is 0. The van der Waals surface area contributed by atoms with Crippen LogP contribution < -0.4 is 21.2 Å². The van der Waals surface area contributed by atoms with Gasteiger partial charge in [-0.1, -0.05) is 0 Å². The molecule has 0 heterocycles. The second-order valence-electron chi connectivity index (χ2n) is 6.61. The number of hydrogen-bond acceptors (Lipinski definition) is 3. The zero-order valence-corrected chi connectivity index (χ0v) is 18.3. The molecule has 154 valence electrons. The van der Waals surface area contributed by atoms with E-state index in [0.29, 0.717) is 0 Å². The van der Waals surface area contributed by atoms with Gasteiger partial charge in [-0.15, -0.1) is 0 Å². The minimum absolute atomic E-state index is 1.42. The molecule has 0 aliphatic carbocycles. The zero-order valence-electron chi connectivity index (χ0n) is 16.1. The summed E-state index contributed by atoms with van der Waals surface area (Å²) in [6.45, 7) is 0. The molecule has 6 heteroatoms. The first-order valence-corrected chi connectivity index (χ1v) is 13.2. The molecule has 4 rings (SSSR count). The number of rotatable bonds is 4. The molecular weight excluding hydrogens is 438 g/mol. The average molecular weight is 460 g/mol. The van der Waals surface area contributed by atoms with E-state index in [1.807, 2.05) is 0 Å². The summed E-state index contributed by atoms with van der Waals surface area (Å²) in [6, 6.07) is 44.0. The fourth-order valence-corrected chi connectivity index (χ4v) is 8.52. The fraction of sp³-hybridized carbons (Fsp3) is 0. The molecule has 0 unspecified atom stereocenters. The van der Waals surface area contributed by atoms with E-state index in [1.165, 1.54) is 21.2 Å². The molecule has 0 atom stereocenters. The molecule has 0 saturated carbocycles. The third kappa shape index (κ3) is 5.21. The Morgan fingerprint density at radius 1 is 0.433 bits per heavy atom. The van der Waals surface area contributed by atoms with Gasteiger partial charge in [-0.05, 0) is 0 Å². The van der Waals surface area contributed by atoms with Crippen molar-refractivity contribution in [3.05, 3.63) is 121 Å². The van der Waals surface area contributed by atoms with Crippen molar-refractivity contribution in [3.63, 3.8) is 0 Å². The van der Waals surface area contributed by atoms with Gasteiger partial charge < -0.3 is 0 Å². The third-order valence-corrected chi connectivity index (χ3v) is 9.62. The molecule has 4 nitrogen and oxygen atoms in total. The van der Waals surface area contributed by atoms with E-state index >= 15 is 0 Å². The number of hydrogen-bond donors (Lipinski definition) is 1. The Bertz CT molecular complexity index is 1050. The molecule has 0 spiro atoms. The topological polar surface area (TPSA) is 71.4 Å². The first-order valence-electron chi connectivity index (χ1n) is 9.27. The van der Waals surface area contributed by atoms with Crippen molar-refractivity contribution in [2.45, 2.75) is 0 Å². The van der Waals surface area contributed by atoms with Gasteiger partial charge in [-0.25, -0.2) is 0 Å². The van der Waals surface area contributed by atoms with Gasteiger partial charge in [0.05, 0.1) is 0 Å². The molecule has 0 bridgehead atoms. The van der Waals surface area contributed by atoms with Crippen LogP contribution >= 0.6 is 7.26 Å². The van der Waals surface area contributed by atoms with Crippen LogP contribution in [0.4, 0.5) is 0 Å². The predicted octanol–water partition coefficient (Wildman–Crippen LogP) is 3.12. The van der Waals surface area contributed by atoms with Crippen LogP contribution in [-0.2, 0) is 24.5 Å². The van der Waals surface area contributed by atoms with Crippen LogP contribution in [0.3, 0.4) is 0 Å². The molecule has 4 aromatic carbocycles. The summed E-state index contributed by atoms with van der Waals surface area (Å²) in [6.07, 6.45) is 0. The third-order valence-electron chi connectivity index (χ3n) is 4.83. The van der Waals surface area contributed by atoms with E-state index in [-0.39, 0.29) is 0 Å². The van der Waals surface area contributed by atoms with Crippen molar-refractivity contribution in [2.24, 2.45) is 0 Å². The van der Waals surface area contributed by atoms with Crippen molar-refractivity contribution in [1.29, 1.82) is 0 Å². The molecule has 0 aliphatic rings. The molecular formula is C24H22MnO4P. The summed E-state index contributed by atoms with van der Waals surface area (Å²) >= 11 is -5.38. The minimum atomic E-state index is -5.38. The fourth-order valence-electron chi connectivity index (χ4n) is 3.75. The molecule has 0 fully saturated rings. The van der Waals surface area contributed by atoms with Crippen molar-refractivity contribution >= 4 is 28.5 Å². The van der Waals surface area contributed by atoms with Gasteiger partial charge in [-0.3, -0.25) is 0 Å². The maximum atomic E-state index is 8.69. The second-order valence-corrected chi connectivity index (χ2v) is 11.7. The van der Waals surface area contributed by atoms with E-state index in [4.69, 9.17) is 15.7 Å². The van der Waals surface area contributed by atoms with Crippen LogP contribution in [0.15, 0.2) is 121 Å². The normalized spacial score (nSPS) is 11.8. The van der Waals surface area contributed by atoms with Crippen LogP contribution in [0.25, 0.3) is 0 Å². The Hall–Kier alpha value is -2.81. The SMILES string of the molecule is [O]=[Mn](=[O])(=[O])[OH].c1ccc([PH](c2ccccc2)(c2ccccc2)c2ccccc2)cc1. The molecule has 30 heavy (non-hydrogen) atoms. The monoisotopic (exact) mass is 460 g/mol. The van der Waals surface area contributed by atoms with Gasteiger partial charge in [0.2, 0.25) is 0 Å². The van der Waals surface area contributed by atoms with Crippen LogP contribution in [0.2, 0.25) is 0 Å². The molecule has 0 aromatic heterocycles. The van der Waals surface area contributed by atoms with E-state index in [1.54, 1.807) is 0 Å². The van der Waals surface area contributed by atoms with Gasteiger partial charge in [0.1, 0.15) is 0 Å². The molecule has 0 amide bonds. The second kappa shape index (κ2) is 9.79. The first-order chi connectivity index (χ1) is 14.4. The summed E-state index contributed by atoms with van der Waals surface area (Å²) in [4.78, 5) is 0. The van der Waals surface area contributed by atoms with Crippen LogP contribution in [0.5, 0.6) is 0 Å². The standard InChI is InChI=1S/C24H21P.Mn.H2O.3O/c1-5-13-21(14-6-1)25(22-15-7-2-8-16-22,23-17-9-3-10-18-23)24-19-11-4-12-20-24;;;;;/h1-20,25H;;1H2;;;/q;+1;;;;/p-1. The summed E-state index contributed by atoms with van der Waals surface area (Å²) < 4.78 is 33.1. The van der Waals surface area contributed by atoms with E-state index < -0.39 is 20.2 Å². The molecule has 0 saturated heterocycles. The molecule has 4 aromatic rings. The molecule has 1 N–H and O–H groups in total. The van der Waals surface area contributed by atoms with Crippen LogP contribution in [0, 0.1) is 0 Å². The summed E-state index contributed by atoms with van der Waals surface area (Å²) in [7, 11) is -2.30. The van der Waals surface area contributed by atoms with Crippen molar-refractivity contribution in [3.8, 4) is 0 Å². The first kappa shape index (κ1) is 21.9. The van der Waals surface area contributed by atoms with Crippen molar-refractivity contribution < 1.29 is 28.7 Å².